The van der Waals surface area contributed by atoms with E-state index in [4.69, 9.17) is 10.5 Å². The molecule has 1 aromatic heterocycles. The first-order valence-corrected chi connectivity index (χ1v) is 6.93. The fourth-order valence-corrected chi connectivity index (χ4v) is 2.06. The van der Waals surface area contributed by atoms with Crippen LogP contribution in [0.25, 0.3) is 0 Å². The average molecular weight is 323 g/mol. The fourth-order valence-electron chi connectivity index (χ4n) is 2.06. The van der Waals surface area contributed by atoms with E-state index >= 15 is 0 Å². The van der Waals surface area contributed by atoms with Crippen molar-refractivity contribution < 1.29 is 4.92 Å². The van der Waals surface area contributed by atoms with Crippen LogP contribution in [0, 0.1) is 32.8 Å². The van der Waals surface area contributed by atoms with Gasteiger partial charge in [0.05, 0.1) is 17.1 Å². The summed E-state index contributed by atoms with van der Waals surface area (Å²) in [7, 11) is 0. The van der Waals surface area contributed by atoms with Gasteiger partial charge in [0.25, 0.3) is 0 Å². The van der Waals surface area contributed by atoms with Gasteiger partial charge in [0.15, 0.2) is 0 Å². The summed E-state index contributed by atoms with van der Waals surface area (Å²) in [6, 6.07) is 13.1. The van der Waals surface area contributed by atoms with E-state index in [1.807, 2.05) is 42.5 Å². The van der Waals surface area contributed by atoms with E-state index in [2.05, 4.69) is 15.3 Å². The van der Waals surface area contributed by atoms with Crippen LogP contribution in [0.2, 0.25) is 0 Å². The Morgan fingerprint density at radius 3 is 2.42 bits per heavy atom. The molecule has 0 atom stereocenters. The first kappa shape index (κ1) is 16.6. The summed E-state index contributed by atoms with van der Waals surface area (Å²) in [6.45, 7) is -0.0400. The van der Waals surface area contributed by atoms with E-state index in [-0.39, 0.29) is 30.4 Å². The minimum atomic E-state index is -0.621. The maximum Gasteiger partial charge on any atom is 0.353 e. The molecule has 0 radical (unpaired) electrons. The predicted molar refractivity (Wildman–Crippen MR) is 85.9 cm³/mol. The molecule has 0 aliphatic heterocycles. The highest BCUT2D eigenvalue weighted by molar-refractivity contribution is 5.70. The van der Waals surface area contributed by atoms with Crippen molar-refractivity contribution >= 4 is 17.3 Å². The molecule has 0 unspecified atom stereocenters. The lowest BCUT2D eigenvalue weighted by atomic mass is 10.2. The van der Waals surface area contributed by atoms with Gasteiger partial charge >= 0.3 is 5.69 Å². The number of nitrogens with zero attached hydrogens (tertiary/aromatic N) is 6. The Kier molecular flexibility index (Phi) is 5.59. The Balaban J connectivity index is 2.35. The van der Waals surface area contributed by atoms with Crippen LogP contribution >= 0.6 is 0 Å². The number of benzene rings is 1. The summed E-state index contributed by atoms with van der Waals surface area (Å²) in [5.41, 5.74) is 0.566. The number of nitriles is 2. The summed E-state index contributed by atoms with van der Waals surface area (Å²) < 4.78 is 0. The van der Waals surface area contributed by atoms with Crippen molar-refractivity contribution in [3.8, 4) is 12.1 Å². The molecule has 0 amide bonds. The number of nitrogens with one attached hydrogen (secondary N) is 1. The highest BCUT2D eigenvalue weighted by Crippen LogP contribution is 2.31. The van der Waals surface area contributed by atoms with Gasteiger partial charge in [-0.3, -0.25) is 10.1 Å². The minimum Gasteiger partial charge on any atom is -0.360 e. The van der Waals surface area contributed by atoms with Crippen LogP contribution in [0.5, 0.6) is 0 Å². The molecule has 2 rings (SSSR count). The molecular weight excluding hydrogens is 310 g/mol. The van der Waals surface area contributed by atoms with Gasteiger partial charge < -0.3 is 10.2 Å². The molecule has 1 N–H and O–H groups in total. The molecule has 2 aromatic rings. The molecule has 0 spiro atoms. The van der Waals surface area contributed by atoms with Crippen molar-refractivity contribution in [1.82, 2.24) is 9.97 Å². The van der Waals surface area contributed by atoms with E-state index in [0.29, 0.717) is 6.54 Å². The van der Waals surface area contributed by atoms with Crippen LogP contribution in [-0.4, -0.2) is 28.0 Å². The maximum absolute atomic E-state index is 11.5. The second-order valence-corrected chi connectivity index (χ2v) is 4.66. The molecule has 9 heteroatoms. The van der Waals surface area contributed by atoms with Crippen LogP contribution in [-0.2, 0) is 6.54 Å². The van der Waals surface area contributed by atoms with Crippen molar-refractivity contribution in [3.05, 3.63) is 52.3 Å². The second-order valence-electron chi connectivity index (χ2n) is 4.66. The lowest BCUT2D eigenvalue weighted by molar-refractivity contribution is -0.383. The monoisotopic (exact) mass is 323 g/mol. The van der Waals surface area contributed by atoms with Gasteiger partial charge in [0.1, 0.15) is 19.4 Å². The number of aromatic nitrogens is 2. The average Bonchev–Trinajstić information content (AvgIpc) is 2.60. The number of hydrogen-bond acceptors (Lipinski definition) is 8. The smallest absolute Gasteiger partial charge is 0.353 e. The highest BCUT2D eigenvalue weighted by Gasteiger charge is 2.26. The molecular formula is C15H13N7O2. The van der Waals surface area contributed by atoms with Gasteiger partial charge in [-0.25, -0.2) is 9.97 Å². The van der Waals surface area contributed by atoms with Crippen molar-refractivity contribution in [2.75, 3.05) is 23.3 Å². The number of hydrogen-bond donors (Lipinski definition) is 1. The topological polar surface area (TPSA) is 132 Å². The zero-order chi connectivity index (χ0) is 17.4. The van der Waals surface area contributed by atoms with Gasteiger partial charge in [-0.1, -0.05) is 30.3 Å². The van der Waals surface area contributed by atoms with Crippen molar-refractivity contribution in [2.45, 2.75) is 6.54 Å². The number of nitro groups is 1. The largest absolute Gasteiger partial charge is 0.360 e. The normalized spacial score (nSPS) is 9.58. The van der Waals surface area contributed by atoms with Gasteiger partial charge in [-0.05, 0) is 5.56 Å². The Morgan fingerprint density at radius 1 is 1.17 bits per heavy atom. The fraction of sp³-hybridized carbons (Fsp3) is 0.200. The van der Waals surface area contributed by atoms with E-state index in [0.717, 1.165) is 11.9 Å². The predicted octanol–water partition coefficient (Wildman–Crippen LogP) is 1.85. The van der Waals surface area contributed by atoms with E-state index in [1.54, 1.807) is 0 Å². The third-order valence-corrected chi connectivity index (χ3v) is 3.11. The molecule has 0 aliphatic carbocycles. The second kappa shape index (κ2) is 8.06. The summed E-state index contributed by atoms with van der Waals surface area (Å²) in [6.07, 6.45) is 1.16. The Labute approximate surface area is 138 Å². The lowest BCUT2D eigenvalue weighted by Gasteiger charge is -2.17. The van der Waals surface area contributed by atoms with E-state index < -0.39 is 4.92 Å². The third-order valence-electron chi connectivity index (χ3n) is 3.11. The lowest BCUT2D eigenvalue weighted by Crippen LogP contribution is -2.26. The van der Waals surface area contributed by atoms with Gasteiger partial charge in [0, 0.05) is 6.54 Å². The Hall–Kier alpha value is -3.72. The van der Waals surface area contributed by atoms with Crippen molar-refractivity contribution in [2.24, 2.45) is 0 Å². The van der Waals surface area contributed by atoms with E-state index in [1.165, 1.54) is 4.90 Å². The van der Waals surface area contributed by atoms with Crippen LogP contribution in [0.1, 0.15) is 5.56 Å². The summed E-state index contributed by atoms with van der Waals surface area (Å²) in [4.78, 5) is 19.9. The molecule has 1 heterocycles. The van der Waals surface area contributed by atoms with Crippen molar-refractivity contribution in [1.29, 1.82) is 10.5 Å². The molecule has 1 aromatic carbocycles. The van der Waals surface area contributed by atoms with Gasteiger partial charge in [-0.15, -0.1) is 0 Å². The summed E-state index contributed by atoms with van der Waals surface area (Å²) in [5, 5.41) is 32.1. The quantitative estimate of drug-likeness (QED) is 0.464. The van der Waals surface area contributed by atoms with Crippen LogP contribution in [0.3, 0.4) is 0 Å². The zero-order valence-corrected chi connectivity index (χ0v) is 12.6. The van der Waals surface area contributed by atoms with Crippen LogP contribution in [0.15, 0.2) is 36.7 Å². The first-order valence-electron chi connectivity index (χ1n) is 6.93. The molecule has 24 heavy (non-hydrogen) atoms. The highest BCUT2D eigenvalue weighted by atomic mass is 16.6. The van der Waals surface area contributed by atoms with Gasteiger partial charge in [-0.2, -0.15) is 10.5 Å². The van der Waals surface area contributed by atoms with Crippen molar-refractivity contribution in [3.63, 3.8) is 0 Å². The SMILES string of the molecule is N#CCN(CC#N)c1ncnc(NCc2ccccc2)c1[N+](=O)[O-]. The molecule has 9 nitrogen and oxygen atoms in total. The Bertz CT molecular complexity index is 780. The minimum absolute atomic E-state index is 0.0368. The van der Waals surface area contributed by atoms with Crippen LogP contribution < -0.4 is 10.2 Å². The van der Waals surface area contributed by atoms with Crippen LogP contribution in [0.4, 0.5) is 17.3 Å². The maximum atomic E-state index is 11.5. The molecule has 0 fully saturated rings. The Morgan fingerprint density at radius 2 is 1.83 bits per heavy atom. The van der Waals surface area contributed by atoms with Gasteiger partial charge in [0.2, 0.25) is 11.6 Å². The first-order chi connectivity index (χ1) is 11.7. The molecule has 0 aliphatic rings. The molecule has 0 bridgehead atoms. The number of rotatable bonds is 7. The molecule has 0 saturated carbocycles. The third kappa shape index (κ3) is 3.93. The summed E-state index contributed by atoms with van der Waals surface area (Å²) in [5.74, 6) is -0.0246. The standard InChI is InChI=1S/C15H13N7O2/c16-6-8-21(9-7-17)15-13(22(23)24)14(19-11-20-15)18-10-12-4-2-1-3-5-12/h1-5,11H,8-10H2,(H,18,19,20). The number of anilines is 2. The summed E-state index contributed by atoms with van der Waals surface area (Å²) >= 11 is 0. The molecule has 120 valence electrons. The zero-order valence-electron chi connectivity index (χ0n) is 12.6. The van der Waals surface area contributed by atoms with E-state index in [9.17, 15) is 10.1 Å². The molecule has 0 saturated heterocycles.